The standard InChI is InChI=1S/C13H15N4O.C9H14NS.C8H15NO.Na/c1-4-5-10(7-14)13(18)17-12-6-11(15-3)8-16-9(12)2;1-4-7(2)8(3)9(5-10)6-11;1-8(2)4-3-5-9(8)6-7-10;/h4,6-8,14-15H,1H2,2-3H3,(H,17,18);3,5-7H,4,10H2,1-2H3;7H,3-6H2,1-2H3;/q2*-1;;+1/b;9-5+;;. The van der Waals surface area contributed by atoms with E-state index in [0.29, 0.717) is 23.8 Å². The number of likely N-dealkylation sites (tertiary alicyclic amines) is 1. The van der Waals surface area contributed by atoms with Gasteiger partial charge in [-0.3, -0.25) is 16.5 Å². The molecule has 0 spiro atoms. The Labute approximate surface area is 268 Å². The molecule has 0 aromatic carbocycles. The van der Waals surface area contributed by atoms with E-state index in [0.717, 1.165) is 42.3 Å². The third-order valence-corrected chi connectivity index (χ3v) is 6.67. The SMILES string of the molecule is C=C[C-]=C(C=N)C(=O)Nc1cc(NC)cnc1C.CC1(C)CCCN1CC=O.[CH-]=C(/C(C=S)=C/N)C(C)CC.[Na+]. The summed E-state index contributed by atoms with van der Waals surface area (Å²) < 4.78 is 0. The molecule has 2 rings (SSSR count). The Balaban J connectivity index is 0. The van der Waals surface area contributed by atoms with E-state index in [9.17, 15) is 9.59 Å². The molecule has 1 aromatic rings. The van der Waals surface area contributed by atoms with Gasteiger partial charge in [-0.05, 0) is 46.2 Å². The number of rotatable bonds is 11. The fourth-order valence-corrected chi connectivity index (χ4v) is 3.78. The molecule has 1 aliphatic rings. The molecule has 0 saturated carbocycles. The first-order valence-corrected chi connectivity index (χ1v) is 13.3. The predicted molar refractivity (Wildman–Crippen MR) is 167 cm³/mol. The first-order chi connectivity index (χ1) is 18.5. The molecule has 40 heavy (non-hydrogen) atoms. The fraction of sp³-hybridized carbons (Fsp3) is 0.433. The molecule has 1 amide bonds. The van der Waals surface area contributed by atoms with Crippen molar-refractivity contribution >= 4 is 47.4 Å². The molecule has 0 bridgehead atoms. The van der Waals surface area contributed by atoms with Gasteiger partial charge in [0.15, 0.2) is 5.91 Å². The maximum Gasteiger partial charge on any atom is 1.00 e. The van der Waals surface area contributed by atoms with Crippen LogP contribution in [0.3, 0.4) is 0 Å². The summed E-state index contributed by atoms with van der Waals surface area (Å²) in [6.07, 6.45) is 12.5. The molecule has 2 heterocycles. The first kappa shape index (κ1) is 39.7. The molecule has 214 valence electrons. The summed E-state index contributed by atoms with van der Waals surface area (Å²) in [5, 5.41) is 14.3. The number of allylic oxidation sites excluding steroid dienone is 4. The summed E-state index contributed by atoms with van der Waals surface area (Å²) in [4.78, 5) is 28.4. The van der Waals surface area contributed by atoms with Crippen molar-refractivity contribution in [2.24, 2.45) is 11.7 Å². The van der Waals surface area contributed by atoms with Gasteiger partial charge < -0.3 is 31.4 Å². The van der Waals surface area contributed by atoms with E-state index in [4.69, 9.17) is 29.9 Å². The summed E-state index contributed by atoms with van der Waals surface area (Å²) in [7, 11) is 1.77. The minimum atomic E-state index is -0.414. The predicted octanol–water partition coefficient (Wildman–Crippen LogP) is 2.23. The molecule has 1 atom stereocenters. The molecule has 1 fully saturated rings. The largest absolute Gasteiger partial charge is 1.00 e. The molecule has 10 heteroatoms. The molecule has 1 aromatic heterocycles. The van der Waals surface area contributed by atoms with Crippen molar-refractivity contribution in [3.8, 4) is 0 Å². The zero-order chi connectivity index (χ0) is 30.0. The molecule has 5 N–H and O–H groups in total. The minimum absolute atomic E-state index is 0. The fourth-order valence-electron chi connectivity index (χ4n) is 3.57. The van der Waals surface area contributed by atoms with Gasteiger partial charge in [-0.1, -0.05) is 49.5 Å². The maximum atomic E-state index is 11.8. The Kier molecular flexibility index (Phi) is 21.2. The van der Waals surface area contributed by atoms with Gasteiger partial charge >= 0.3 is 29.6 Å². The second-order valence-electron chi connectivity index (χ2n) is 9.50. The Morgan fingerprint density at radius 2 is 2.10 bits per heavy atom. The third-order valence-electron chi connectivity index (χ3n) is 6.42. The van der Waals surface area contributed by atoms with E-state index in [1.165, 1.54) is 30.5 Å². The molecule has 1 saturated heterocycles. The second-order valence-corrected chi connectivity index (χ2v) is 9.74. The number of amides is 1. The quantitative estimate of drug-likeness (QED) is 0.0607. The summed E-state index contributed by atoms with van der Waals surface area (Å²) in [6.45, 7) is 21.2. The van der Waals surface area contributed by atoms with Gasteiger partial charge in [-0.15, -0.1) is 23.9 Å². The van der Waals surface area contributed by atoms with Crippen LogP contribution >= 0.6 is 12.2 Å². The number of nitrogens with zero attached hydrogens (tertiary/aromatic N) is 2. The number of aldehydes is 1. The number of thiocarbonyl (C=S) groups is 1. The number of hydrogen-bond acceptors (Lipinski definition) is 8. The Bertz CT molecular complexity index is 1070. The van der Waals surface area contributed by atoms with Crippen molar-refractivity contribution in [3.63, 3.8) is 0 Å². The average molecular weight is 576 g/mol. The molecule has 8 nitrogen and oxygen atoms in total. The minimum Gasteiger partial charge on any atom is -0.420 e. The zero-order valence-electron chi connectivity index (χ0n) is 25.1. The summed E-state index contributed by atoms with van der Waals surface area (Å²) >= 11 is 4.74. The third kappa shape index (κ3) is 13.8. The van der Waals surface area contributed by atoms with Gasteiger partial charge in [0.2, 0.25) is 0 Å². The monoisotopic (exact) mass is 575 g/mol. The smallest absolute Gasteiger partial charge is 0.420 e. The van der Waals surface area contributed by atoms with Crippen LogP contribution in [0, 0.1) is 30.9 Å². The number of carbonyl (C=O) groups excluding carboxylic acids is 2. The van der Waals surface area contributed by atoms with Crippen molar-refractivity contribution in [3.05, 3.63) is 66.2 Å². The van der Waals surface area contributed by atoms with Crippen LogP contribution in [0.4, 0.5) is 11.4 Å². The van der Waals surface area contributed by atoms with Gasteiger partial charge in [-0.25, -0.2) is 5.57 Å². The van der Waals surface area contributed by atoms with Crippen molar-refractivity contribution < 1.29 is 39.1 Å². The molecular formula is C30H44N6NaO2S-. The summed E-state index contributed by atoms with van der Waals surface area (Å²) in [6, 6.07) is 1.77. The van der Waals surface area contributed by atoms with Crippen LogP contribution in [0.2, 0.25) is 0 Å². The van der Waals surface area contributed by atoms with E-state index >= 15 is 0 Å². The Hall–Kier alpha value is -2.43. The molecule has 1 unspecified atom stereocenters. The van der Waals surface area contributed by atoms with Crippen molar-refractivity contribution in [2.45, 2.75) is 59.4 Å². The van der Waals surface area contributed by atoms with Gasteiger partial charge in [0, 0.05) is 12.6 Å². The van der Waals surface area contributed by atoms with Gasteiger partial charge in [0.1, 0.15) is 6.29 Å². The van der Waals surface area contributed by atoms with Gasteiger partial charge in [0.05, 0.1) is 29.8 Å². The number of hydrogen-bond donors (Lipinski definition) is 4. The van der Waals surface area contributed by atoms with E-state index in [-0.39, 0.29) is 40.7 Å². The number of aromatic nitrogens is 1. The van der Waals surface area contributed by atoms with Gasteiger partial charge in [-0.2, -0.15) is 12.7 Å². The number of nitrogens with one attached hydrogen (secondary N) is 3. The number of nitrogens with two attached hydrogens (primary N) is 1. The van der Waals surface area contributed by atoms with E-state index < -0.39 is 5.91 Å². The van der Waals surface area contributed by atoms with Crippen molar-refractivity contribution in [2.75, 3.05) is 30.8 Å². The normalized spacial score (nSPS) is 14.9. The number of carbonyl (C=O) groups is 2. The van der Waals surface area contributed by atoms with Crippen LogP contribution in [-0.4, -0.2) is 59.3 Å². The van der Waals surface area contributed by atoms with Gasteiger partial charge in [0.25, 0.3) is 0 Å². The van der Waals surface area contributed by atoms with Crippen molar-refractivity contribution in [1.82, 2.24) is 9.88 Å². The second kappa shape index (κ2) is 21.3. The zero-order valence-corrected chi connectivity index (χ0v) is 28.0. The van der Waals surface area contributed by atoms with E-state index in [1.807, 2.05) is 0 Å². The molecule has 0 radical (unpaired) electrons. The summed E-state index contributed by atoms with van der Waals surface area (Å²) in [5.74, 6) is -0.0629. The number of anilines is 2. The topological polar surface area (TPSA) is 124 Å². The van der Waals surface area contributed by atoms with Crippen molar-refractivity contribution in [1.29, 1.82) is 5.41 Å². The van der Waals surface area contributed by atoms with E-state index in [2.05, 4.69) is 60.9 Å². The molecule has 1 aliphatic heterocycles. The van der Waals surface area contributed by atoms with Crippen LogP contribution in [0.15, 0.2) is 47.8 Å². The van der Waals surface area contributed by atoms with E-state index in [1.54, 1.807) is 26.2 Å². The number of pyridine rings is 1. The average Bonchev–Trinajstić information content (AvgIpc) is 3.26. The van der Waals surface area contributed by atoms with Crippen LogP contribution < -0.4 is 45.9 Å². The summed E-state index contributed by atoms with van der Waals surface area (Å²) in [5.41, 5.74) is 9.34. The molecular weight excluding hydrogens is 531 g/mol. The Morgan fingerprint density at radius 1 is 1.45 bits per heavy atom. The number of aryl methyl sites for hydroxylation is 1. The molecule has 0 aliphatic carbocycles. The van der Waals surface area contributed by atoms with Crippen LogP contribution in [0.25, 0.3) is 0 Å². The van der Waals surface area contributed by atoms with Crippen LogP contribution in [0.5, 0.6) is 0 Å². The first-order valence-electron chi connectivity index (χ1n) is 12.8. The van der Waals surface area contributed by atoms with Crippen LogP contribution in [0.1, 0.15) is 52.7 Å². The maximum absolute atomic E-state index is 11.8. The Morgan fingerprint density at radius 3 is 2.52 bits per heavy atom. The van der Waals surface area contributed by atoms with Crippen LogP contribution in [-0.2, 0) is 9.59 Å².